The first-order valence-corrected chi connectivity index (χ1v) is 4.45. The SMILES string of the molecule is CC(=O)NC(C(=O)O)c1c(C)n[nH]c1C. The van der Waals surface area contributed by atoms with E-state index in [9.17, 15) is 9.59 Å². The first kappa shape index (κ1) is 11.2. The molecule has 1 aromatic rings. The van der Waals surface area contributed by atoms with Crippen molar-refractivity contribution in [3.63, 3.8) is 0 Å². The van der Waals surface area contributed by atoms with E-state index in [0.717, 1.165) is 0 Å². The van der Waals surface area contributed by atoms with Gasteiger partial charge >= 0.3 is 5.97 Å². The van der Waals surface area contributed by atoms with Crippen molar-refractivity contribution in [2.75, 3.05) is 0 Å². The molecular weight excluding hydrogens is 198 g/mol. The highest BCUT2D eigenvalue weighted by molar-refractivity contribution is 5.83. The second kappa shape index (κ2) is 4.12. The number of aromatic amines is 1. The van der Waals surface area contributed by atoms with E-state index in [1.807, 2.05) is 0 Å². The number of amides is 1. The predicted octanol–water partition coefficient (Wildman–Crippen LogP) is 0.288. The minimum Gasteiger partial charge on any atom is -0.479 e. The summed E-state index contributed by atoms with van der Waals surface area (Å²) in [7, 11) is 0. The summed E-state index contributed by atoms with van der Waals surface area (Å²) in [5.41, 5.74) is 1.74. The van der Waals surface area contributed by atoms with Crippen molar-refractivity contribution in [2.24, 2.45) is 0 Å². The summed E-state index contributed by atoms with van der Waals surface area (Å²) in [6, 6.07) is -1.04. The maximum atomic E-state index is 11.0. The van der Waals surface area contributed by atoms with Crippen LogP contribution in [0.1, 0.15) is 29.9 Å². The molecule has 15 heavy (non-hydrogen) atoms. The molecule has 0 aliphatic heterocycles. The van der Waals surface area contributed by atoms with Crippen molar-refractivity contribution in [2.45, 2.75) is 26.8 Å². The van der Waals surface area contributed by atoms with Crippen LogP contribution in [0.3, 0.4) is 0 Å². The van der Waals surface area contributed by atoms with Gasteiger partial charge in [0.25, 0.3) is 0 Å². The van der Waals surface area contributed by atoms with Crippen LogP contribution >= 0.6 is 0 Å². The summed E-state index contributed by atoms with van der Waals surface area (Å²) in [4.78, 5) is 21.9. The van der Waals surface area contributed by atoms with E-state index < -0.39 is 12.0 Å². The van der Waals surface area contributed by atoms with Crippen molar-refractivity contribution >= 4 is 11.9 Å². The van der Waals surface area contributed by atoms with Crippen LogP contribution in [0.2, 0.25) is 0 Å². The highest BCUT2D eigenvalue weighted by Crippen LogP contribution is 2.19. The summed E-state index contributed by atoms with van der Waals surface area (Å²) >= 11 is 0. The van der Waals surface area contributed by atoms with Crippen LogP contribution in [-0.2, 0) is 9.59 Å². The standard InChI is InChI=1S/C9H13N3O3/c1-4-7(5(2)12-11-4)8(9(14)15)10-6(3)13/h8H,1-3H3,(H,10,13)(H,11,12)(H,14,15). The third-order valence-corrected chi connectivity index (χ3v) is 2.07. The molecule has 82 valence electrons. The second-order valence-corrected chi connectivity index (χ2v) is 3.32. The molecule has 6 nitrogen and oxygen atoms in total. The lowest BCUT2D eigenvalue weighted by Gasteiger charge is -2.13. The molecule has 0 aliphatic carbocycles. The summed E-state index contributed by atoms with van der Waals surface area (Å²) in [5.74, 6) is -1.49. The Morgan fingerprint density at radius 2 is 2.07 bits per heavy atom. The van der Waals surface area contributed by atoms with Gasteiger partial charge in [-0.1, -0.05) is 0 Å². The molecule has 1 amide bonds. The Balaban J connectivity index is 3.09. The van der Waals surface area contributed by atoms with Gasteiger partial charge in [0.1, 0.15) is 0 Å². The number of aromatic nitrogens is 2. The van der Waals surface area contributed by atoms with Crippen LogP contribution in [0.15, 0.2) is 0 Å². The second-order valence-electron chi connectivity index (χ2n) is 3.32. The normalized spacial score (nSPS) is 12.2. The lowest BCUT2D eigenvalue weighted by atomic mass is 10.1. The van der Waals surface area contributed by atoms with E-state index in [4.69, 9.17) is 5.11 Å². The Bertz CT molecular complexity index is 378. The molecule has 0 spiro atoms. The van der Waals surface area contributed by atoms with Crippen LogP contribution < -0.4 is 5.32 Å². The van der Waals surface area contributed by atoms with Gasteiger partial charge in [0.2, 0.25) is 5.91 Å². The average molecular weight is 211 g/mol. The van der Waals surface area contributed by atoms with Crippen molar-refractivity contribution in [1.82, 2.24) is 15.5 Å². The van der Waals surface area contributed by atoms with Gasteiger partial charge in [-0.2, -0.15) is 5.10 Å². The molecule has 6 heteroatoms. The Hall–Kier alpha value is -1.85. The van der Waals surface area contributed by atoms with Crippen molar-refractivity contribution < 1.29 is 14.7 Å². The number of rotatable bonds is 3. The zero-order chi connectivity index (χ0) is 11.6. The summed E-state index contributed by atoms with van der Waals surface area (Å²) in [6.45, 7) is 4.68. The smallest absolute Gasteiger partial charge is 0.331 e. The molecular formula is C9H13N3O3. The van der Waals surface area contributed by atoms with Gasteiger partial charge in [-0.3, -0.25) is 9.89 Å². The molecule has 1 aromatic heterocycles. The van der Waals surface area contributed by atoms with E-state index in [1.54, 1.807) is 13.8 Å². The van der Waals surface area contributed by atoms with E-state index in [2.05, 4.69) is 15.5 Å². The molecule has 1 unspecified atom stereocenters. The molecule has 0 aliphatic rings. The molecule has 1 rings (SSSR count). The van der Waals surface area contributed by atoms with E-state index in [-0.39, 0.29) is 5.91 Å². The molecule has 0 bridgehead atoms. The Morgan fingerprint density at radius 3 is 2.40 bits per heavy atom. The number of aliphatic carboxylic acids is 1. The highest BCUT2D eigenvalue weighted by atomic mass is 16.4. The number of H-pyrrole nitrogens is 1. The van der Waals surface area contributed by atoms with Crippen molar-refractivity contribution in [3.05, 3.63) is 17.0 Å². The fraction of sp³-hybridized carbons (Fsp3) is 0.444. The topological polar surface area (TPSA) is 95.1 Å². The molecule has 0 radical (unpaired) electrons. The molecule has 1 heterocycles. The zero-order valence-corrected chi connectivity index (χ0v) is 8.79. The number of nitrogens with zero attached hydrogens (tertiary/aromatic N) is 1. The fourth-order valence-electron chi connectivity index (χ4n) is 1.45. The lowest BCUT2D eigenvalue weighted by Crippen LogP contribution is -2.32. The van der Waals surface area contributed by atoms with Crippen LogP contribution in [0.4, 0.5) is 0 Å². The summed E-state index contributed by atoms with van der Waals surface area (Å²) in [5, 5.41) is 17.9. The number of carboxylic acid groups (broad SMARTS) is 1. The minimum atomic E-state index is -1.10. The number of nitrogens with one attached hydrogen (secondary N) is 2. The minimum absolute atomic E-state index is 0.387. The quantitative estimate of drug-likeness (QED) is 0.669. The molecule has 0 fully saturated rings. The molecule has 0 saturated heterocycles. The van der Waals surface area contributed by atoms with Crippen molar-refractivity contribution in [3.8, 4) is 0 Å². The van der Waals surface area contributed by atoms with Gasteiger partial charge in [0.05, 0.1) is 5.69 Å². The van der Waals surface area contributed by atoms with Gasteiger partial charge in [-0.15, -0.1) is 0 Å². The molecule has 3 N–H and O–H groups in total. The third-order valence-electron chi connectivity index (χ3n) is 2.07. The van der Waals surface area contributed by atoms with Gasteiger partial charge < -0.3 is 10.4 Å². The van der Waals surface area contributed by atoms with E-state index in [1.165, 1.54) is 6.92 Å². The zero-order valence-electron chi connectivity index (χ0n) is 8.79. The summed E-state index contributed by atoms with van der Waals surface area (Å²) < 4.78 is 0. The van der Waals surface area contributed by atoms with Crippen LogP contribution in [0, 0.1) is 13.8 Å². The van der Waals surface area contributed by atoms with Gasteiger partial charge in [-0.25, -0.2) is 4.79 Å². The number of hydrogen-bond acceptors (Lipinski definition) is 3. The fourth-order valence-corrected chi connectivity index (χ4v) is 1.45. The number of hydrogen-bond donors (Lipinski definition) is 3. The Kier molecular flexibility index (Phi) is 3.08. The van der Waals surface area contributed by atoms with Gasteiger partial charge in [-0.05, 0) is 13.8 Å². The van der Waals surface area contributed by atoms with Crippen LogP contribution in [0.5, 0.6) is 0 Å². The average Bonchev–Trinajstić information content (AvgIpc) is 2.42. The maximum absolute atomic E-state index is 11.0. The lowest BCUT2D eigenvalue weighted by molar-refractivity contribution is -0.141. The molecule has 0 aromatic carbocycles. The number of carbonyl (C=O) groups is 2. The van der Waals surface area contributed by atoms with E-state index in [0.29, 0.717) is 17.0 Å². The maximum Gasteiger partial charge on any atom is 0.331 e. The highest BCUT2D eigenvalue weighted by Gasteiger charge is 2.25. The van der Waals surface area contributed by atoms with Crippen molar-refractivity contribution in [1.29, 1.82) is 0 Å². The number of carboxylic acids is 1. The summed E-state index contributed by atoms with van der Waals surface area (Å²) in [6.07, 6.45) is 0. The number of carbonyl (C=O) groups excluding carboxylic acids is 1. The largest absolute Gasteiger partial charge is 0.479 e. The molecule has 1 atom stereocenters. The third kappa shape index (κ3) is 2.34. The molecule has 0 saturated carbocycles. The van der Waals surface area contributed by atoms with Crippen LogP contribution in [0.25, 0.3) is 0 Å². The van der Waals surface area contributed by atoms with Gasteiger partial charge in [0.15, 0.2) is 6.04 Å². The van der Waals surface area contributed by atoms with Gasteiger partial charge in [0, 0.05) is 18.2 Å². The Morgan fingerprint density at radius 1 is 1.47 bits per heavy atom. The monoisotopic (exact) mass is 211 g/mol. The Labute approximate surface area is 86.7 Å². The first-order valence-electron chi connectivity index (χ1n) is 4.45. The predicted molar refractivity (Wildman–Crippen MR) is 52.3 cm³/mol. The van der Waals surface area contributed by atoms with Crippen LogP contribution in [-0.4, -0.2) is 27.2 Å². The number of aryl methyl sites for hydroxylation is 2. The first-order chi connectivity index (χ1) is 6.93. The van der Waals surface area contributed by atoms with E-state index >= 15 is 0 Å².